The van der Waals surface area contributed by atoms with Gasteiger partial charge in [-0.15, -0.1) is 24.9 Å². The van der Waals surface area contributed by atoms with E-state index in [0.717, 1.165) is 35.6 Å². The number of hydrogen-bond donors (Lipinski definition) is 0. The Labute approximate surface area is 169 Å². The van der Waals surface area contributed by atoms with Gasteiger partial charge in [0.2, 0.25) is 5.88 Å². The standard InChI is InChI=1S/C18H18F3N3O2S2/c19-18(20,21)26-14-3-1-2-4-15(14)28-24-8-5-12(6-9-24)25-17-16-13(7-10-27-16)22-11-23-17/h1-4,11-12H,5-10H2. The molecule has 0 saturated carbocycles. The smallest absolute Gasteiger partial charge is 0.473 e. The highest BCUT2D eigenvalue weighted by atomic mass is 32.2. The van der Waals surface area contributed by atoms with Crippen LogP contribution in [0.1, 0.15) is 18.5 Å². The van der Waals surface area contributed by atoms with Gasteiger partial charge in [0.25, 0.3) is 0 Å². The number of aromatic nitrogens is 2. The Kier molecular flexibility index (Phi) is 5.88. The molecule has 1 fully saturated rings. The van der Waals surface area contributed by atoms with Crippen LogP contribution in [0, 0.1) is 0 Å². The minimum Gasteiger partial charge on any atom is -0.473 e. The first kappa shape index (κ1) is 19.7. The van der Waals surface area contributed by atoms with E-state index in [-0.39, 0.29) is 11.9 Å². The zero-order chi connectivity index (χ0) is 19.6. The van der Waals surface area contributed by atoms with Crippen molar-refractivity contribution in [3.63, 3.8) is 0 Å². The number of aryl methyl sites for hydroxylation is 1. The summed E-state index contributed by atoms with van der Waals surface area (Å²) in [5.74, 6) is 1.48. The summed E-state index contributed by atoms with van der Waals surface area (Å²) in [6, 6.07) is 6.20. The van der Waals surface area contributed by atoms with E-state index >= 15 is 0 Å². The number of hydrogen-bond acceptors (Lipinski definition) is 7. The number of ether oxygens (including phenoxy) is 2. The number of thioether (sulfide) groups is 1. The molecule has 1 aromatic heterocycles. The summed E-state index contributed by atoms with van der Waals surface area (Å²) in [7, 11) is 0. The molecule has 150 valence electrons. The number of nitrogens with zero attached hydrogens (tertiary/aromatic N) is 3. The Bertz CT molecular complexity index is 830. The SMILES string of the molecule is FC(F)(F)Oc1ccccc1SN1CCC(Oc2ncnc3c2SCC3)CC1. The average Bonchev–Trinajstić information content (AvgIpc) is 3.14. The van der Waals surface area contributed by atoms with Gasteiger partial charge in [0, 0.05) is 25.3 Å². The molecule has 4 rings (SSSR count). The highest BCUT2D eigenvalue weighted by molar-refractivity contribution is 7.99. The van der Waals surface area contributed by atoms with Crippen molar-refractivity contribution in [2.75, 3.05) is 18.8 Å². The molecule has 2 aliphatic rings. The van der Waals surface area contributed by atoms with Crippen molar-refractivity contribution in [1.29, 1.82) is 0 Å². The van der Waals surface area contributed by atoms with Crippen molar-refractivity contribution in [2.45, 2.75) is 41.5 Å². The summed E-state index contributed by atoms with van der Waals surface area (Å²) in [5.41, 5.74) is 1.05. The minimum absolute atomic E-state index is 0.0405. The van der Waals surface area contributed by atoms with Crippen molar-refractivity contribution in [3.05, 3.63) is 36.3 Å². The van der Waals surface area contributed by atoms with Gasteiger partial charge in [0.05, 0.1) is 15.5 Å². The van der Waals surface area contributed by atoms with Crippen LogP contribution in [0.2, 0.25) is 0 Å². The lowest BCUT2D eigenvalue weighted by Crippen LogP contribution is -2.34. The third kappa shape index (κ3) is 4.84. The fraction of sp³-hybridized carbons (Fsp3) is 0.444. The molecule has 10 heteroatoms. The van der Waals surface area contributed by atoms with Crippen LogP contribution in [0.25, 0.3) is 0 Å². The molecule has 0 amide bonds. The van der Waals surface area contributed by atoms with E-state index in [9.17, 15) is 13.2 Å². The molecule has 0 atom stereocenters. The van der Waals surface area contributed by atoms with E-state index in [2.05, 4.69) is 14.7 Å². The lowest BCUT2D eigenvalue weighted by molar-refractivity contribution is -0.275. The van der Waals surface area contributed by atoms with Crippen molar-refractivity contribution < 1.29 is 22.6 Å². The number of alkyl halides is 3. The van der Waals surface area contributed by atoms with E-state index in [1.165, 1.54) is 24.1 Å². The maximum absolute atomic E-state index is 12.6. The highest BCUT2D eigenvalue weighted by Gasteiger charge is 2.32. The Morgan fingerprint density at radius 3 is 2.71 bits per heavy atom. The summed E-state index contributed by atoms with van der Waals surface area (Å²) in [6.45, 7) is 1.41. The molecule has 2 aliphatic heterocycles. The quantitative estimate of drug-likeness (QED) is 0.645. The van der Waals surface area contributed by atoms with Crippen LogP contribution in [-0.4, -0.2) is 45.6 Å². The molecule has 2 aromatic rings. The number of benzene rings is 1. The van der Waals surface area contributed by atoms with Gasteiger partial charge in [-0.2, -0.15) is 0 Å². The molecule has 1 saturated heterocycles. The van der Waals surface area contributed by atoms with Crippen LogP contribution < -0.4 is 9.47 Å². The normalized spacial score (nSPS) is 18.1. The van der Waals surface area contributed by atoms with E-state index in [1.807, 2.05) is 4.31 Å². The average molecular weight is 429 g/mol. The van der Waals surface area contributed by atoms with Gasteiger partial charge in [-0.1, -0.05) is 12.1 Å². The number of rotatable bonds is 5. The predicted molar refractivity (Wildman–Crippen MR) is 101 cm³/mol. The second-order valence-electron chi connectivity index (χ2n) is 6.39. The lowest BCUT2D eigenvalue weighted by Gasteiger charge is -2.31. The number of fused-ring (bicyclic) bond motifs is 1. The second kappa shape index (κ2) is 8.38. The summed E-state index contributed by atoms with van der Waals surface area (Å²) >= 11 is 3.00. The second-order valence-corrected chi connectivity index (χ2v) is 8.63. The number of para-hydroxylation sites is 1. The Hall–Kier alpha value is -1.65. The van der Waals surface area contributed by atoms with Crippen LogP contribution in [0.4, 0.5) is 13.2 Å². The third-order valence-electron chi connectivity index (χ3n) is 4.41. The number of piperidine rings is 1. The van der Waals surface area contributed by atoms with Crippen LogP contribution in [0.5, 0.6) is 11.6 Å². The summed E-state index contributed by atoms with van der Waals surface area (Å²) < 4.78 is 50.0. The van der Waals surface area contributed by atoms with Gasteiger partial charge in [0.15, 0.2) is 0 Å². The lowest BCUT2D eigenvalue weighted by atomic mass is 10.1. The minimum atomic E-state index is -4.70. The fourth-order valence-electron chi connectivity index (χ4n) is 3.12. The molecular formula is C18H18F3N3O2S2. The van der Waals surface area contributed by atoms with Gasteiger partial charge in [0.1, 0.15) is 18.2 Å². The van der Waals surface area contributed by atoms with E-state index < -0.39 is 6.36 Å². The molecule has 0 bridgehead atoms. The third-order valence-corrected chi connectivity index (χ3v) is 6.68. The number of halogens is 3. The van der Waals surface area contributed by atoms with Crippen LogP contribution in [-0.2, 0) is 6.42 Å². The van der Waals surface area contributed by atoms with E-state index in [4.69, 9.17) is 4.74 Å². The monoisotopic (exact) mass is 429 g/mol. The van der Waals surface area contributed by atoms with Crippen LogP contribution >= 0.6 is 23.7 Å². The molecule has 0 radical (unpaired) electrons. The van der Waals surface area contributed by atoms with Crippen molar-refractivity contribution in [2.24, 2.45) is 0 Å². The molecule has 3 heterocycles. The molecule has 0 spiro atoms. The molecule has 5 nitrogen and oxygen atoms in total. The Balaban J connectivity index is 1.34. The molecule has 0 aliphatic carbocycles. The topological polar surface area (TPSA) is 47.5 Å². The van der Waals surface area contributed by atoms with Crippen molar-refractivity contribution in [1.82, 2.24) is 14.3 Å². The largest absolute Gasteiger partial charge is 0.573 e. The van der Waals surface area contributed by atoms with Crippen molar-refractivity contribution >= 4 is 23.7 Å². The maximum Gasteiger partial charge on any atom is 0.573 e. The molecule has 28 heavy (non-hydrogen) atoms. The van der Waals surface area contributed by atoms with Gasteiger partial charge in [-0.3, -0.25) is 0 Å². The summed E-state index contributed by atoms with van der Waals surface area (Å²) in [4.78, 5) is 10.1. The fourth-order valence-corrected chi connectivity index (χ4v) is 5.18. The molecule has 1 aromatic carbocycles. The first-order valence-corrected chi connectivity index (χ1v) is 10.6. The van der Waals surface area contributed by atoms with Crippen molar-refractivity contribution in [3.8, 4) is 11.6 Å². The summed E-state index contributed by atoms with van der Waals surface area (Å²) in [5, 5.41) is 0. The van der Waals surface area contributed by atoms with E-state index in [0.29, 0.717) is 23.9 Å². The Morgan fingerprint density at radius 2 is 1.93 bits per heavy atom. The Morgan fingerprint density at radius 1 is 1.14 bits per heavy atom. The van der Waals surface area contributed by atoms with E-state index in [1.54, 1.807) is 30.2 Å². The summed E-state index contributed by atoms with van der Waals surface area (Å²) in [6.07, 6.45) is -0.625. The zero-order valence-electron chi connectivity index (χ0n) is 14.8. The molecular weight excluding hydrogens is 411 g/mol. The molecule has 0 unspecified atom stereocenters. The van der Waals surface area contributed by atoms with Gasteiger partial charge in [-0.25, -0.2) is 14.3 Å². The van der Waals surface area contributed by atoms with Gasteiger partial charge in [-0.05, 0) is 36.9 Å². The van der Waals surface area contributed by atoms with Gasteiger partial charge < -0.3 is 9.47 Å². The zero-order valence-corrected chi connectivity index (χ0v) is 16.4. The predicted octanol–water partition coefficient (Wildman–Crippen LogP) is 4.57. The first-order chi connectivity index (χ1) is 13.5. The highest BCUT2D eigenvalue weighted by Crippen LogP contribution is 2.38. The first-order valence-electron chi connectivity index (χ1n) is 8.89. The van der Waals surface area contributed by atoms with Gasteiger partial charge >= 0.3 is 6.36 Å². The maximum atomic E-state index is 12.6. The molecule has 0 N–H and O–H groups in total. The van der Waals surface area contributed by atoms with Crippen LogP contribution in [0.15, 0.2) is 40.4 Å². The van der Waals surface area contributed by atoms with Crippen LogP contribution in [0.3, 0.4) is 0 Å².